The largest absolute Gasteiger partial charge is 0.394 e. The number of aromatic nitrogens is 4. The van der Waals surface area contributed by atoms with Gasteiger partial charge in [-0.15, -0.1) is 5.10 Å². The molecule has 0 aliphatic heterocycles. The molecule has 1 atom stereocenters. The first-order valence-electron chi connectivity index (χ1n) is 7.68. The van der Waals surface area contributed by atoms with Crippen LogP contribution >= 0.6 is 0 Å². The first kappa shape index (κ1) is 16.1. The zero-order valence-corrected chi connectivity index (χ0v) is 13.8. The van der Waals surface area contributed by atoms with Crippen molar-refractivity contribution in [3.05, 3.63) is 47.9 Å². The van der Waals surface area contributed by atoms with Crippen molar-refractivity contribution in [3.63, 3.8) is 0 Å². The van der Waals surface area contributed by atoms with Crippen LogP contribution in [0.1, 0.15) is 23.1 Å². The lowest BCUT2D eigenvalue weighted by atomic mass is 10.2. The van der Waals surface area contributed by atoms with Gasteiger partial charge in [-0.05, 0) is 38.1 Å². The van der Waals surface area contributed by atoms with Gasteiger partial charge in [0.2, 0.25) is 0 Å². The third kappa shape index (κ3) is 2.74. The van der Waals surface area contributed by atoms with Crippen molar-refractivity contribution in [2.24, 2.45) is 0 Å². The highest BCUT2D eigenvalue weighted by molar-refractivity contribution is 5.93. The zero-order valence-electron chi connectivity index (χ0n) is 13.8. The molecule has 2 aromatic heterocycles. The molecule has 1 N–H and O–H groups in total. The van der Waals surface area contributed by atoms with Crippen molar-refractivity contribution in [3.8, 4) is 5.69 Å². The van der Waals surface area contributed by atoms with Crippen LogP contribution in [0.2, 0.25) is 0 Å². The lowest BCUT2D eigenvalue weighted by Gasteiger charge is -2.22. The Morgan fingerprint density at radius 2 is 2.17 bits per heavy atom. The van der Waals surface area contributed by atoms with E-state index in [0.717, 1.165) is 16.6 Å². The first-order chi connectivity index (χ1) is 11.5. The molecule has 0 saturated heterocycles. The molecule has 7 heteroatoms. The van der Waals surface area contributed by atoms with E-state index in [0.29, 0.717) is 5.69 Å². The van der Waals surface area contributed by atoms with Gasteiger partial charge in [-0.3, -0.25) is 9.78 Å². The van der Waals surface area contributed by atoms with Crippen LogP contribution in [0, 0.1) is 6.92 Å². The molecule has 3 aromatic rings. The Labute approximate surface area is 139 Å². The number of carbonyl (C=O) groups excluding carboxylic acids is 1. The van der Waals surface area contributed by atoms with Crippen molar-refractivity contribution >= 4 is 16.8 Å². The molecule has 1 amide bonds. The third-order valence-corrected chi connectivity index (χ3v) is 4.17. The molecule has 1 unspecified atom stereocenters. The summed E-state index contributed by atoms with van der Waals surface area (Å²) in [6, 6.07) is 9.33. The highest BCUT2D eigenvalue weighted by atomic mass is 16.3. The van der Waals surface area contributed by atoms with E-state index in [1.165, 1.54) is 4.90 Å². The maximum absolute atomic E-state index is 12.5. The minimum atomic E-state index is -0.284. The molecule has 2 heterocycles. The fourth-order valence-corrected chi connectivity index (χ4v) is 2.46. The van der Waals surface area contributed by atoms with Gasteiger partial charge in [0, 0.05) is 18.6 Å². The average Bonchev–Trinajstić information content (AvgIpc) is 3.00. The van der Waals surface area contributed by atoms with Gasteiger partial charge < -0.3 is 10.0 Å². The number of hydrogen-bond acceptors (Lipinski definition) is 5. The molecular weight excluding hydrogens is 306 g/mol. The molecule has 1 aromatic carbocycles. The predicted molar refractivity (Wildman–Crippen MR) is 90.0 cm³/mol. The van der Waals surface area contributed by atoms with Gasteiger partial charge in [-0.1, -0.05) is 11.3 Å². The molecule has 0 saturated carbocycles. The van der Waals surface area contributed by atoms with Gasteiger partial charge in [-0.2, -0.15) is 0 Å². The van der Waals surface area contributed by atoms with Gasteiger partial charge in [0.05, 0.1) is 29.5 Å². The number of rotatable bonds is 4. The Bertz CT molecular complexity index is 890. The number of nitrogens with zero attached hydrogens (tertiary/aromatic N) is 5. The third-order valence-electron chi connectivity index (χ3n) is 4.17. The van der Waals surface area contributed by atoms with Gasteiger partial charge in [-0.25, -0.2) is 4.68 Å². The predicted octanol–water partition coefficient (Wildman–Crippen LogP) is 1.58. The molecule has 0 spiro atoms. The second-order valence-corrected chi connectivity index (χ2v) is 5.76. The number of benzene rings is 1. The molecule has 0 aliphatic rings. The summed E-state index contributed by atoms with van der Waals surface area (Å²) < 4.78 is 1.64. The topological polar surface area (TPSA) is 84.1 Å². The number of pyridine rings is 1. The highest BCUT2D eigenvalue weighted by Crippen LogP contribution is 2.19. The summed E-state index contributed by atoms with van der Waals surface area (Å²) in [4.78, 5) is 18.3. The van der Waals surface area contributed by atoms with E-state index < -0.39 is 0 Å². The summed E-state index contributed by atoms with van der Waals surface area (Å²) in [5.74, 6) is -0.261. The molecule has 24 heavy (non-hydrogen) atoms. The molecule has 0 fully saturated rings. The molecular formula is C17H19N5O2. The van der Waals surface area contributed by atoms with Crippen LogP contribution < -0.4 is 0 Å². The van der Waals surface area contributed by atoms with E-state index in [2.05, 4.69) is 15.3 Å². The van der Waals surface area contributed by atoms with Crippen LogP contribution in [0.4, 0.5) is 0 Å². The van der Waals surface area contributed by atoms with Crippen LogP contribution in [-0.4, -0.2) is 55.6 Å². The summed E-state index contributed by atoms with van der Waals surface area (Å²) in [6.07, 6.45) is 1.75. The Balaban J connectivity index is 1.98. The van der Waals surface area contributed by atoms with E-state index in [1.54, 1.807) is 31.8 Å². The smallest absolute Gasteiger partial charge is 0.276 e. The molecule has 124 valence electrons. The number of carbonyl (C=O) groups is 1. The quantitative estimate of drug-likeness (QED) is 0.787. The Hall–Kier alpha value is -2.80. The van der Waals surface area contributed by atoms with E-state index in [-0.39, 0.29) is 24.2 Å². The maximum atomic E-state index is 12.5. The minimum Gasteiger partial charge on any atom is -0.394 e. The summed E-state index contributed by atoms with van der Waals surface area (Å²) in [5.41, 5.74) is 2.65. The van der Waals surface area contributed by atoms with Crippen molar-refractivity contribution in [1.29, 1.82) is 0 Å². The van der Waals surface area contributed by atoms with E-state index in [1.807, 2.05) is 30.3 Å². The number of aliphatic hydroxyl groups excluding tert-OH is 1. The fraction of sp³-hybridized carbons (Fsp3) is 0.294. The van der Waals surface area contributed by atoms with Crippen molar-refractivity contribution in [1.82, 2.24) is 24.9 Å². The summed E-state index contributed by atoms with van der Waals surface area (Å²) in [7, 11) is 1.64. The van der Waals surface area contributed by atoms with Crippen molar-refractivity contribution in [2.75, 3.05) is 13.7 Å². The van der Waals surface area contributed by atoms with Crippen molar-refractivity contribution in [2.45, 2.75) is 19.9 Å². The maximum Gasteiger partial charge on any atom is 0.276 e. The number of aliphatic hydroxyl groups is 1. The highest BCUT2D eigenvalue weighted by Gasteiger charge is 2.23. The SMILES string of the molecule is Cc1c(C(=O)N(C)C(C)CO)nnn1-c1ccc2ncccc2c1. The second-order valence-electron chi connectivity index (χ2n) is 5.76. The van der Waals surface area contributed by atoms with Gasteiger partial charge >= 0.3 is 0 Å². The zero-order chi connectivity index (χ0) is 17.3. The summed E-state index contributed by atoms with van der Waals surface area (Å²) in [5, 5.41) is 18.4. The van der Waals surface area contributed by atoms with Crippen LogP contribution in [0.5, 0.6) is 0 Å². The minimum absolute atomic E-state index is 0.104. The lowest BCUT2D eigenvalue weighted by molar-refractivity contribution is 0.0675. The summed E-state index contributed by atoms with van der Waals surface area (Å²) in [6.45, 7) is 3.47. The molecule has 7 nitrogen and oxygen atoms in total. The Morgan fingerprint density at radius 3 is 2.92 bits per heavy atom. The Morgan fingerprint density at radius 1 is 1.38 bits per heavy atom. The van der Waals surface area contributed by atoms with Gasteiger partial charge in [0.15, 0.2) is 5.69 Å². The normalized spacial score (nSPS) is 12.3. The van der Waals surface area contributed by atoms with Crippen LogP contribution in [-0.2, 0) is 0 Å². The number of fused-ring (bicyclic) bond motifs is 1. The number of amides is 1. The van der Waals surface area contributed by atoms with E-state index in [9.17, 15) is 9.90 Å². The average molecular weight is 325 g/mol. The number of likely N-dealkylation sites (N-methyl/N-ethyl adjacent to an activating group) is 1. The van der Waals surface area contributed by atoms with Crippen LogP contribution in [0.15, 0.2) is 36.5 Å². The molecule has 0 aliphatic carbocycles. The van der Waals surface area contributed by atoms with Crippen LogP contribution in [0.3, 0.4) is 0 Å². The number of hydrogen-bond donors (Lipinski definition) is 1. The fourth-order valence-electron chi connectivity index (χ4n) is 2.46. The second kappa shape index (κ2) is 6.37. The molecule has 3 rings (SSSR count). The van der Waals surface area contributed by atoms with E-state index >= 15 is 0 Å². The van der Waals surface area contributed by atoms with Gasteiger partial charge in [0.1, 0.15) is 0 Å². The molecule has 0 radical (unpaired) electrons. The molecule has 0 bridgehead atoms. The Kier molecular flexibility index (Phi) is 4.26. The summed E-state index contributed by atoms with van der Waals surface area (Å²) >= 11 is 0. The van der Waals surface area contributed by atoms with Gasteiger partial charge in [0.25, 0.3) is 5.91 Å². The lowest BCUT2D eigenvalue weighted by Crippen LogP contribution is -2.37. The van der Waals surface area contributed by atoms with Crippen molar-refractivity contribution < 1.29 is 9.90 Å². The standard InChI is InChI=1S/C17H19N5O2/c1-11(10-23)21(3)17(24)16-12(2)22(20-19-16)14-6-7-15-13(9-14)5-4-8-18-15/h4-9,11,23H,10H2,1-3H3. The monoisotopic (exact) mass is 325 g/mol. The van der Waals surface area contributed by atoms with E-state index in [4.69, 9.17) is 0 Å². The first-order valence-corrected chi connectivity index (χ1v) is 7.68. The van der Waals surface area contributed by atoms with Crippen LogP contribution in [0.25, 0.3) is 16.6 Å².